The predicted octanol–water partition coefficient (Wildman–Crippen LogP) is 0.394. The highest BCUT2D eigenvalue weighted by Crippen LogP contribution is 2.15. The first-order chi connectivity index (χ1) is 4.86. The van der Waals surface area contributed by atoms with Crippen LogP contribution in [0.15, 0.2) is 0 Å². The molecule has 0 saturated carbocycles. The number of hydrogen-bond acceptors (Lipinski definition) is 3. The van der Waals surface area contributed by atoms with Gasteiger partial charge in [0.2, 0.25) is 0 Å². The van der Waals surface area contributed by atoms with Crippen LogP contribution in [0.25, 0.3) is 0 Å². The molecule has 0 aliphatic heterocycles. The minimum absolute atomic E-state index is 0.677. The molecule has 0 amide bonds. The van der Waals surface area contributed by atoms with E-state index in [0.29, 0.717) is 4.96 Å². The van der Waals surface area contributed by atoms with Crippen LogP contribution in [-0.2, 0) is 12.8 Å². The molecule has 0 aromatic carbocycles. The fourth-order valence-corrected chi connectivity index (χ4v) is 1.33. The molecule has 1 aromatic rings. The van der Waals surface area contributed by atoms with Crippen LogP contribution in [0.3, 0.4) is 0 Å². The summed E-state index contributed by atoms with van der Waals surface area (Å²) in [6.45, 7) is 0. The minimum Gasteiger partial charge on any atom is -0.396 e. The maximum absolute atomic E-state index is 8.82. The Morgan fingerprint density at radius 2 is 1.60 bits per heavy atom. The molecule has 0 fully saturated rings. The van der Waals surface area contributed by atoms with Gasteiger partial charge >= 0.3 is 0 Å². The third kappa shape index (κ3) is 0.761. The van der Waals surface area contributed by atoms with Gasteiger partial charge in [-0.05, 0) is 30.6 Å². The molecule has 4 nitrogen and oxygen atoms in total. The van der Waals surface area contributed by atoms with E-state index >= 15 is 0 Å². The second-order valence-corrected chi connectivity index (χ2v) is 2.57. The Morgan fingerprint density at radius 1 is 1.10 bits per heavy atom. The summed E-state index contributed by atoms with van der Waals surface area (Å²) < 4.78 is 0. The van der Waals surface area contributed by atoms with E-state index < -0.39 is 0 Å². The van der Waals surface area contributed by atoms with Crippen LogP contribution < -0.4 is 0 Å². The predicted molar refractivity (Wildman–Crippen MR) is 33.8 cm³/mol. The first-order valence-electron chi connectivity index (χ1n) is 3.50. The van der Waals surface area contributed by atoms with Crippen LogP contribution in [-0.4, -0.2) is 20.4 Å². The molecule has 0 bridgehead atoms. The number of rotatable bonds is 0. The van der Waals surface area contributed by atoms with E-state index in [2.05, 4.69) is 10.2 Å². The molecule has 1 heterocycles. The van der Waals surface area contributed by atoms with E-state index in [9.17, 15) is 0 Å². The van der Waals surface area contributed by atoms with Crippen LogP contribution in [0.1, 0.15) is 24.2 Å². The Bertz CT molecular complexity index is 220. The lowest BCUT2D eigenvalue weighted by Gasteiger charge is -2.04. The van der Waals surface area contributed by atoms with Gasteiger partial charge in [-0.3, -0.25) is 0 Å². The molecule has 0 radical (unpaired) electrons. The van der Waals surface area contributed by atoms with Gasteiger partial charge in [0.05, 0.1) is 11.4 Å². The van der Waals surface area contributed by atoms with Crippen molar-refractivity contribution in [2.24, 2.45) is 0 Å². The van der Waals surface area contributed by atoms with Crippen LogP contribution in [0, 0.1) is 0 Å². The van der Waals surface area contributed by atoms with Gasteiger partial charge in [0.15, 0.2) is 0 Å². The minimum atomic E-state index is 0.677. The quantitative estimate of drug-likeness (QED) is 0.529. The fraction of sp³-hybridized carbons (Fsp3) is 0.667. The van der Waals surface area contributed by atoms with Crippen molar-refractivity contribution in [1.82, 2.24) is 15.2 Å². The highest BCUT2D eigenvalue weighted by Gasteiger charge is 2.14. The molecule has 1 aliphatic carbocycles. The van der Waals surface area contributed by atoms with Gasteiger partial charge in [-0.15, -0.1) is 10.2 Å². The zero-order chi connectivity index (χ0) is 6.97. The standard InChI is InChI=1S/C6H9N3O/c10-9-7-5-3-1-2-4-6(5)8-9/h10H,1-4H2. The fourth-order valence-electron chi connectivity index (χ4n) is 1.33. The monoisotopic (exact) mass is 139 g/mol. The number of hydrogen-bond donors (Lipinski definition) is 1. The first-order valence-corrected chi connectivity index (χ1v) is 3.50. The Kier molecular flexibility index (Phi) is 1.12. The van der Waals surface area contributed by atoms with Gasteiger partial charge < -0.3 is 5.21 Å². The molecule has 10 heavy (non-hydrogen) atoms. The van der Waals surface area contributed by atoms with Crippen molar-refractivity contribution in [1.29, 1.82) is 0 Å². The zero-order valence-electron chi connectivity index (χ0n) is 5.62. The maximum atomic E-state index is 8.82. The van der Waals surface area contributed by atoms with Gasteiger partial charge in [0.25, 0.3) is 0 Å². The third-order valence-electron chi connectivity index (χ3n) is 1.83. The largest absolute Gasteiger partial charge is 0.396 e. The van der Waals surface area contributed by atoms with Gasteiger partial charge in [-0.1, -0.05) is 0 Å². The molecule has 0 unspecified atom stereocenters. The summed E-state index contributed by atoms with van der Waals surface area (Å²) in [5.74, 6) is 0. The van der Waals surface area contributed by atoms with Crippen molar-refractivity contribution in [3.05, 3.63) is 11.4 Å². The van der Waals surface area contributed by atoms with Gasteiger partial charge in [0, 0.05) is 0 Å². The Labute approximate surface area is 58.4 Å². The molecule has 1 aliphatic rings. The summed E-state index contributed by atoms with van der Waals surface area (Å²) in [7, 11) is 0. The first kappa shape index (κ1) is 5.70. The lowest BCUT2D eigenvalue weighted by Crippen LogP contribution is -2.00. The normalized spacial score (nSPS) is 16.8. The van der Waals surface area contributed by atoms with Crippen LogP contribution in [0.4, 0.5) is 0 Å². The van der Waals surface area contributed by atoms with Crippen molar-refractivity contribution in [2.75, 3.05) is 0 Å². The van der Waals surface area contributed by atoms with Crippen LogP contribution in [0.5, 0.6) is 0 Å². The van der Waals surface area contributed by atoms with Crippen LogP contribution in [0.2, 0.25) is 0 Å². The third-order valence-corrected chi connectivity index (χ3v) is 1.83. The second-order valence-electron chi connectivity index (χ2n) is 2.57. The molecule has 54 valence electrons. The van der Waals surface area contributed by atoms with E-state index in [1.165, 1.54) is 12.8 Å². The molecule has 2 rings (SSSR count). The highest BCUT2D eigenvalue weighted by molar-refractivity contribution is 5.11. The zero-order valence-corrected chi connectivity index (χ0v) is 5.62. The number of aromatic nitrogens is 3. The smallest absolute Gasteiger partial charge is 0.0896 e. The molecule has 1 N–H and O–H groups in total. The van der Waals surface area contributed by atoms with Crippen molar-refractivity contribution in [3.8, 4) is 0 Å². The average molecular weight is 139 g/mol. The number of aryl methyl sites for hydroxylation is 2. The average Bonchev–Trinajstić information content (AvgIpc) is 2.27. The molecular weight excluding hydrogens is 130 g/mol. The van der Waals surface area contributed by atoms with Crippen molar-refractivity contribution >= 4 is 0 Å². The highest BCUT2D eigenvalue weighted by atomic mass is 16.5. The summed E-state index contributed by atoms with van der Waals surface area (Å²) in [5.41, 5.74) is 1.93. The Balaban J connectivity index is 2.41. The lowest BCUT2D eigenvalue weighted by atomic mass is 10.0. The second kappa shape index (κ2) is 1.97. The van der Waals surface area contributed by atoms with E-state index in [1.54, 1.807) is 0 Å². The lowest BCUT2D eigenvalue weighted by molar-refractivity contribution is 0.109. The Hall–Kier alpha value is -1.06. The molecule has 0 saturated heterocycles. The van der Waals surface area contributed by atoms with Crippen LogP contribution >= 0.6 is 0 Å². The summed E-state index contributed by atoms with van der Waals surface area (Å²) in [6, 6.07) is 0. The van der Waals surface area contributed by atoms with E-state index in [0.717, 1.165) is 24.2 Å². The van der Waals surface area contributed by atoms with Gasteiger partial charge in [-0.2, -0.15) is 0 Å². The maximum Gasteiger partial charge on any atom is 0.0896 e. The molecule has 1 aromatic heterocycles. The topological polar surface area (TPSA) is 50.9 Å². The van der Waals surface area contributed by atoms with Gasteiger partial charge in [0.1, 0.15) is 0 Å². The van der Waals surface area contributed by atoms with E-state index in [4.69, 9.17) is 5.21 Å². The summed E-state index contributed by atoms with van der Waals surface area (Å²) >= 11 is 0. The van der Waals surface area contributed by atoms with Crippen molar-refractivity contribution in [2.45, 2.75) is 25.7 Å². The van der Waals surface area contributed by atoms with Crippen molar-refractivity contribution < 1.29 is 5.21 Å². The molecular formula is C6H9N3O. The molecule has 0 spiro atoms. The van der Waals surface area contributed by atoms with E-state index in [-0.39, 0.29) is 0 Å². The Morgan fingerprint density at radius 3 is 2.10 bits per heavy atom. The number of nitrogens with zero attached hydrogens (tertiary/aromatic N) is 3. The number of fused-ring (bicyclic) bond motifs is 1. The summed E-state index contributed by atoms with van der Waals surface area (Å²) in [5, 5.41) is 16.4. The van der Waals surface area contributed by atoms with E-state index in [1.807, 2.05) is 0 Å². The van der Waals surface area contributed by atoms with Crippen molar-refractivity contribution in [3.63, 3.8) is 0 Å². The van der Waals surface area contributed by atoms with Gasteiger partial charge in [-0.25, -0.2) is 0 Å². The SMILES string of the molecule is On1nc2c(n1)CCCC2. The molecule has 4 heteroatoms. The molecule has 0 atom stereocenters. The summed E-state index contributed by atoms with van der Waals surface area (Å²) in [4.78, 5) is 0.677. The summed E-state index contributed by atoms with van der Waals surface area (Å²) in [6.07, 6.45) is 4.28.